The van der Waals surface area contributed by atoms with E-state index in [1.807, 2.05) is 48.5 Å². The lowest BCUT2D eigenvalue weighted by Gasteiger charge is -2.50. The maximum absolute atomic E-state index is 13.4. The number of aliphatic carboxylic acids is 1. The largest absolute Gasteiger partial charge is 0.480 e. The number of nitrogens with one attached hydrogen (secondary N) is 1. The highest BCUT2D eigenvalue weighted by atomic mass is 16.8. The SMILES string of the molecule is CC(=O)OC[C@H]1O[C@H](O[C@@H]2[C@H](OC(C)=O)[C@@H](OC(C)=O)[C@@H](O[C@@H]3[C@H](OC(C)=O)[C@@H](OC(C)=O)[C@H](OC[C@H](NC(=O)OCC4c5ccccc5-c5ccccc54)C(=O)O)O[C@@H]3COC(C)=O)O[C@@H]2COC(C)=O)[C@H](OC(C)=O)[C@@H](OC(C)=O)[C@H]1OC(C)=O. The first-order chi connectivity index (χ1) is 41.1. The van der Waals surface area contributed by atoms with E-state index in [-0.39, 0.29) is 6.61 Å². The number of alkyl carbamates (subject to hydrolysis) is 1. The standard InChI is InChI=1S/C56H67NO30/c1-24(58)71-21-40-43(76-27(4)61)46(77-28(5)62)50(81-32(9)66)54(84-40)87-45-42(23-73-26(3)60)85-55(51(82-33(10)67)48(45)79-30(7)64)86-44-41(22-72-25(2)59)83-53(49(80-31(8)65)47(44)78-29(6)63)74-20-39(52(68)69)57-56(70)75-19-38-36-17-13-11-15-34(36)35-16-12-14-18-37(35)38/h11-18,38-51,53-55H,19-23H2,1-10H3,(H,57,70)(H,68,69)/t39-,40+,41+,42+,43-,44-,45-,46-,47-,48-,49+,50+,51+,53+,54+,55+/m0/s1. The topological polar surface area (TPSA) is 394 Å². The summed E-state index contributed by atoms with van der Waals surface area (Å²) in [6.45, 7) is 5.95. The predicted molar refractivity (Wildman–Crippen MR) is 280 cm³/mol. The lowest BCUT2D eigenvalue weighted by atomic mass is 9.95. The Labute approximate surface area is 496 Å². The molecule has 0 aromatic heterocycles. The van der Waals surface area contributed by atoms with Gasteiger partial charge in [0.25, 0.3) is 0 Å². The fourth-order valence-electron chi connectivity index (χ4n) is 10.0. The number of hydrogen-bond donors (Lipinski definition) is 2. The fraction of sp³-hybridized carbons (Fsp3) is 0.571. The number of rotatable bonds is 24. The second kappa shape index (κ2) is 30.8. The molecule has 476 valence electrons. The molecule has 2 N–H and O–H groups in total. The number of carbonyl (C=O) groups is 12. The van der Waals surface area contributed by atoms with E-state index < -0.39 is 202 Å². The molecule has 31 nitrogen and oxygen atoms in total. The van der Waals surface area contributed by atoms with Crippen LogP contribution in [0, 0.1) is 0 Å². The van der Waals surface area contributed by atoms with Crippen molar-refractivity contribution in [1.82, 2.24) is 5.32 Å². The minimum Gasteiger partial charge on any atom is -0.480 e. The number of amides is 1. The molecule has 16 atom stereocenters. The first-order valence-corrected chi connectivity index (χ1v) is 27.0. The molecule has 3 fully saturated rings. The Kier molecular flexibility index (Phi) is 24.0. The van der Waals surface area contributed by atoms with Crippen molar-refractivity contribution in [1.29, 1.82) is 0 Å². The lowest BCUT2D eigenvalue weighted by Crippen LogP contribution is -2.69. The van der Waals surface area contributed by atoms with E-state index >= 15 is 0 Å². The van der Waals surface area contributed by atoms with Crippen LogP contribution < -0.4 is 5.32 Å². The van der Waals surface area contributed by atoms with Gasteiger partial charge in [0.2, 0.25) is 0 Å². The Hall–Kier alpha value is -8.36. The smallest absolute Gasteiger partial charge is 0.407 e. The summed E-state index contributed by atoms with van der Waals surface area (Å²) in [6.07, 6.45) is -29.9. The van der Waals surface area contributed by atoms with Gasteiger partial charge in [-0.1, -0.05) is 48.5 Å². The minimum atomic E-state index is -2.16. The van der Waals surface area contributed by atoms with Gasteiger partial charge in [0.15, 0.2) is 67.6 Å². The Morgan fingerprint density at radius 3 is 1.09 bits per heavy atom. The number of carboxylic acids is 1. The van der Waals surface area contributed by atoms with Crippen LogP contribution in [0.3, 0.4) is 0 Å². The van der Waals surface area contributed by atoms with Crippen LogP contribution in [-0.2, 0) is 133 Å². The van der Waals surface area contributed by atoms with Crippen molar-refractivity contribution in [3.05, 3.63) is 59.7 Å². The van der Waals surface area contributed by atoms with Crippen molar-refractivity contribution in [3.63, 3.8) is 0 Å². The Bertz CT molecular complexity index is 2830. The number of ether oxygens (including phenoxy) is 17. The lowest BCUT2D eigenvalue weighted by molar-refractivity contribution is -0.380. The Morgan fingerprint density at radius 1 is 0.402 bits per heavy atom. The molecule has 2 aromatic carbocycles. The van der Waals surface area contributed by atoms with Crippen LogP contribution in [0.1, 0.15) is 86.3 Å². The van der Waals surface area contributed by atoms with Crippen LogP contribution in [0.2, 0.25) is 0 Å². The number of hydrogen-bond acceptors (Lipinski definition) is 29. The van der Waals surface area contributed by atoms with Gasteiger partial charge in [0.1, 0.15) is 56.9 Å². The molecule has 1 amide bonds. The van der Waals surface area contributed by atoms with Gasteiger partial charge in [0.05, 0.1) is 6.61 Å². The van der Waals surface area contributed by atoms with E-state index in [9.17, 15) is 62.6 Å². The Balaban J connectivity index is 1.36. The number of esters is 10. The molecule has 0 saturated carbocycles. The molecule has 6 rings (SSSR count). The van der Waals surface area contributed by atoms with Crippen molar-refractivity contribution >= 4 is 71.8 Å². The number of benzene rings is 2. The average Bonchev–Trinajstić information content (AvgIpc) is 3.13. The molecule has 3 aliphatic heterocycles. The summed E-state index contributed by atoms with van der Waals surface area (Å²) in [5.74, 6) is -12.2. The summed E-state index contributed by atoms with van der Waals surface area (Å²) in [6, 6.07) is 13.0. The van der Waals surface area contributed by atoms with Crippen LogP contribution >= 0.6 is 0 Å². The number of carbonyl (C=O) groups excluding carboxylic acids is 11. The molecule has 1 aliphatic carbocycles. The third-order valence-corrected chi connectivity index (χ3v) is 13.2. The second-order valence-corrected chi connectivity index (χ2v) is 20.0. The summed E-state index contributed by atoms with van der Waals surface area (Å²) < 4.78 is 98.3. The zero-order valence-corrected chi connectivity index (χ0v) is 48.8. The van der Waals surface area contributed by atoms with Gasteiger partial charge in [-0.05, 0) is 22.3 Å². The molecule has 87 heavy (non-hydrogen) atoms. The monoisotopic (exact) mass is 1230 g/mol. The van der Waals surface area contributed by atoms with Crippen LogP contribution in [0.25, 0.3) is 11.1 Å². The van der Waals surface area contributed by atoms with Gasteiger partial charge < -0.3 is 90.9 Å². The first kappa shape index (κ1) is 67.8. The molecular weight excluding hydrogens is 1170 g/mol. The predicted octanol–water partition coefficient (Wildman–Crippen LogP) is 1.15. The van der Waals surface area contributed by atoms with Crippen molar-refractivity contribution in [3.8, 4) is 11.1 Å². The molecule has 3 heterocycles. The van der Waals surface area contributed by atoms with Crippen molar-refractivity contribution in [2.75, 3.05) is 33.0 Å². The van der Waals surface area contributed by atoms with Gasteiger partial charge in [-0.15, -0.1) is 0 Å². The zero-order chi connectivity index (χ0) is 64.0. The van der Waals surface area contributed by atoms with Crippen LogP contribution in [-0.4, -0.2) is 208 Å². The third kappa shape index (κ3) is 18.6. The summed E-state index contributed by atoms with van der Waals surface area (Å²) in [5, 5.41) is 12.5. The summed E-state index contributed by atoms with van der Waals surface area (Å²) in [7, 11) is 0. The average molecular weight is 1230 g/mol. The molecule has 31 heteroatoms. The fourth-order valence-corrected chi connectivity index (χ4v) is 10.0. The van der Waals surface area contributed by atoms with Gasteiger partial charge in [-0.3, -0.25) is 47.9 Å². The van der Waals surface area contributed by atoms with Gasteiger partial charge in [-0.25, -0.2) is 9.59 Å². The van der Waals surface area contributed by atoms with Gasteiger partial charge >= 0.3 is 71.8 Å². The van der Waals surface area contributed by atoms with Gasteiger partial charge in [-0.2, -0.15) is 0 Å². The van der Waals surface area contributed by atoms with E-state index in [1.54, 1.807) is 0 Å². The molecule has 3 saturated heterocycles. The maximum Gasteiger partial charge on any atom is 0.407 e. The van der Waals surface area contributed by atoms with E-state index in [1.165, 1.54) is 0 Å². The summed E-state index contributed by atoms with van der Waals surface area (Å²) in [4.78, 5) is 154. The normalized spacial score (nSPS) is 27.6. The van der Waals surface area contributed by atoms with Crippen molar-refractivity contribution in [2.24, 2.45) is 0 Å². The van der Waals surface area contributed by atoms with E-state index in [4.69, 9.17) is 80.5 Å². The molecule has 4 aliphatic rings. The first-order valence-electron chi connectivity index (χ1n) is 27.0. The maximum atomic E-state index is 13.4. The molecule has 0 bridgehead atoms. The van der Waals surface area contributed by atoms with Crippen molar-refractivity contribution < 1.29 is 143 Å². The number of fused-ring (bicyclic) bond motifs is 3. The van der Waals surface area contributed by atoms with Crippen LogP contribution in [0.15, 0.2) is 48.5 Å². The number of carboxylic acid groups (broad SMARTS) is 1. The highest BCUT2D eigenvalue weighted by Gasteiger charge is 2.60. The molecule has 2 aromatic rings. The van der Waals surface area contributed by atoms with E-state index in [0.717, 1.165) is 91.5 Å². The summed E-state index contributed by atoms with van der Waals surface area (Å²) >= 11 is 0. The van der Waals surface area contributed by atoms with E-state index in [0.29, 0.717) is 0 Å². The Morgan fingerprint density at radius 2 is 0.724 bits per heavy atom. The second-order valence-electron chi connectivity index (χ2n) is 20.0. The minimum absolute atomic E-state index is 0.207. The molecule has 0 unspecified atom stereocenters. The van der Waals surface area contributed by atoms with Crippen LogP contribution in [0.4, 0.5) is 4.79 Å². The van der Waals surface area contributed by atoms with E-state index in [2.05, 4.69) is 5.32 Å². The molecule has 0 spiro atoms. The zero-order valence-electron chi connectivity index (χ0n) is 48.8. The third-order valence-electron chi connectivity index (χ3n) is 13.2. The molecular formula is C56H67NO30. The van der Waals surface area contributed by atoms with Gasteiger partial charge in [0, 0.05) is 75.2 Å². The molecule has 0 radical (unpaired) electrons. The van der Waals surface area contributed by atoms with Crippen LogP contribution in [0.5, 0.6) is 0 Å². The quantitative estimate of drug-likeness (QED) is 0.110. The summed E-state index contributed by atoms with van der Waals surface area (Å²) in [5.41, 5.74) is 3.59. The highest BCUT2D eigenvalue weighted by molar-refractivity contribution is 5.81. The highest BCUT2D eigenvalue weighted by Crippen LogP contribution is 2.45. The van der Waals surface area contributed by atoms with Crippen molar-refractivity contribution in [2.45, 2.75) is 173 Å².